The molecule has 4 aromatic carbocycles. The zero-order valence-electron chi connectivity index (χ0n) is 36.5. The molecule has 332 valence electrons. The molecular formula is C48H52N8O8. The topological polar surface area (TPSA) is 193 Å². The molecule has 9 rings (SSSR count). The Labute approximate surface area is 370 Å². The predicted octanol–water partition coefficient (Wildman–Crippen LogP) is 7.34. The molecule has 5 unspecified atom stereocenters. The first-order valence-electron chi connectivity index (χ1n) is 21.7. The Hall–Kier alpha value is -6.94. The van der Waals surface area contributed by atoms with E-state index in [4.69, 9.17) is 28.9 Å². The van der Waals surface area contributed by atoms with Crippen LogP contribution in [0.4, 0.5) is 9.59 Å². The number of rotatable bonds is 11. The Kier molecular flexibility index (Phi) is 11.7. The number of fused-ring (bicyclic) bond motifs is 6. The van der Waals surface area contributed by atoms with Crippen LogP contribution in [0.1, 0.15) is 74.0 Å². The summed E-state index contributed by atoms with van der Waals surface area (Å²) in [6.45, 7) is 5.65. The molecule has 2 fully saturated rings. The Bertz CT molecular complexity index is 2730. The highest BCUT2D eigenvalue weighted by Crippen LogP contribution is 2.44. The van der Waals surface area contributed by atoms with Gasteiger partial charge in [-0.25, -0.2) is 19.6 Å². The van der Waals surface area contributed by atoms with E-state index in [0.29, 0.717) is 49.9 Å². The van der Waals surface area contributed by atoms with Crippen LogP contribution in [0.15, 0.2) is 79.0 Å². The van der Waals surface area contributed by atoms with Crippen LogP contribution in [0.2, 0.25) is 0 Å². The van der Waals surface area contributed by atoms with Crippen molar-refractivity contribution in [3.63, 3.8) is 0 Å². The molecule has 16 nitrogen and oxygen atoms in total. The molecule has 3 aliphatic rings. The van der Waals surface area contributed by atoms with Crippen molar-refractivity contribution in [1.82, 2.24) is 40.4 Å². The number of nitrogens with one attached hydrogen (secondary N) is 4. The first kappa shape index (κ1) is 42.4. The standard InChI is InChI=1S/C48H52N8O8/c1-26(2)40(53-47(59)62-4)45(57)56-23-27(24-61-3)18-38(56)43-49-22-36(51-43)30-13-15-32-31(19-30)25-64-39-21-33-29(20-34(32)39)14-16-35-42(33)52-44(50-35)37-12-9-17-55(37)46(58)41(54-48(60)63-5)28-10-7-6-8-11-28/h6-8,10-11,13-16,19-22,26-27,37-38,40-41H,9,12,17-18,23-25H2,1-5H3,(H,49,51)(H,50,52)(H,53,59)(H,54,60). The normalized spacial score (nSPS) is 18.9. The van der Waals surface area contributed by atoms with Gasteiger partial charge in [-0.1, -0.05) is 62.4 Å². The van der Waals surface area contributed by atoms with Gasteiger partial charge in [0.05, 0.1) is 55.8 Å². The van der Waals surface area contributed by atoms with Gasteiger partial charge in [0.25, 0.3) is 5.91 Å². The molecular weight excluding hydrogens is 817 g/mol. The maximum atomic E-state index is 14.1. The van der Waals surface area contributed by atoms with Gasteiger partial charge in [0.15, 0.2) is 0 Å². The fourth-order valence-corrected chi connectivity index (χ4v) is 9.53. The van der Waals surface area contributed by atoms with Crippen molar-refractivity contribution < 1.29 is 38.1 Å². The van der Waals surface area contributed by atoms with Gasteiger partial charge in [-0.15, -0.1) is 0 Å². The highest BCUT2D eigenvalue weighted by atomic mass is 16.5. The number of benzene rings is 4. The van der Waals surface area contributed by atoms with Gasteiger partial charge >= 0.3 is 12.2 Å². The minimum atomic E-state index is -0.907. The number of amides is 4. The van der Waals surface area contributed by atoms with Crippen LogP contribution in [-0.2, 0) is 30.4 Å². The van der Waals surface area contributed by atoms with Crippen LogP contribution >= 0.6 is 0 Å². The number of methoxy groups -OCH3 is 3. The number of H-pyrrole nitrogens is 2. The SMILES string of the molecule is COCC1CC(c2ncc(-c3ccc4c(c3)COc3cc5c(ccc6[nH]c(C7CCCN7C(=O)C(NC(=O)OC)c7ccccc7)nc65)cc3-4)[nH]2)N(C(=O)C(NC(=O)OC)C(C)C)C1. The summed E-state index contributed by atoms with van der Waals surface area (Å²) in [4.78, 5) is 73.1. The number of hydrogen-bond acceptors (Lipinski definition) is 10. The van der Waals surface area contributed by atoms with Crippen LogP contribution < -0.4 is 15.4 Å². The average Bonchev–Trinajstić information content (AvgIpc) is 4.15. The summed E-state index contributed by atoms with van der Waals surface area (Å²) in [5.74, 6) is 1.64. The lowest BCUT2D eigenvalue weighted by Crippen LogP contribution is -2.51. The zero-order chi connectivity index (χ0) is 44.6. The maximum Gasteiger partial charge on any atom is 0.407 e. The summed E-state index contributed by atoms with van der Waals surface area (Å²) in [5.41, 5.74) is 7.12. The van der Waals surface area contributed by atoms with Gasteiger partial charge in [-0.3, -0.25) is 9.59 Å². The van der Waals surface area contributed by atoms with Gasteiger partial charge in [-0.05, 0) is 77.1 Å². The number of alkyl carbamates (subject to hydrolysis) is 2. The fraction of sp³-hybridized carbons (Fsp3) is 0.375. The number of hydrogen-bond donors (Lipinski definition) is 4. The van der Waals surface area contributed by atoms with Gasteiger partial charge < -0.3 is 49.3 Å². The predicted molar refractivity (Wildman–Crippen MR) is 238 cm³/mol. The van der Waals surface area contributed by atoms with E-state index >= 15 is 0 Å². The second-order valence-corrected chi connectivity index (χ2v) is 17.1. The molecule has 64 heavy (non-hydrogen) atoms. The van der Waals surface area contributed by atoms with Crippen LogP contribution in [0, 0.1) is 11.8 Å². The van der Waals surface area contributed by atoms with E-state index < -0.39 is 24.3 Å². The van der Waals surface area contributed by atoms with Crippen LogP contribution in [0.5, 0.6) is 5.75 Å². The van der Waals surface area contributed by atoms with E-state index in [-0.39, 0.29) is 35.7 Å². The van der Waals surface area contributed by atoms with E-state index in [1.807, 2.05) is 50.2 Å². The van der Waals surface area contributed by atoms with E-state index in [1.165, 1.54) is 14.2 Å². The van der Waals surface area contributed by atoms with Crippen molar-refractivity contribution in [2.24, 2.45) is 11.8 Å². The number of nitrogens with zero attached hydrogens (tertiary/aromatic N) is 4. The van der Waals surface area contributed by atoms with E-state index in [1.54, 1.807) is 23.1 Å². The molecule has 0 spiro atoms. The Morgan fingerprint density at radius 1 is 0.859 bits per heavy atom. The first-order valence-corrected chi connectivity index (χ1v) is 21.7. The van der Waals surface area contributed by atoms with E-state index in [2.05, 4.69) is 57.0 Å². The molecule has 0 saturated carbocycles. The Morgan fingerprint density at radius 3 is 2.42 bits per heavy atom. The molecule has 4 amide bonds. The summed E-state index contributed by atoms with van der Waals surface area (Å²) < 4.78 is 21.6. The maximum absolute atomic E-state index is 14.1. The third kappa shape index (κ3) is 7.97. The minimum Gasteiger partial charge on any atom is -0.488 e. The first-order chi connectivity index (χ1) is 31.0. The molecule has 16 heteroatoms. The number of imidazole rings is 2. The zero-order valence-corrected chi connectivity index (χ0v) is 36.5. The van der Waals surface area contributed by atoms with E-state index in [0.717, 1.165) is 68.3 Å². The number of ether oxygens (including phenoxy) is 4. The summed E-state index contributed by atoms with van der Waals surface area (Å²) in [6, 6.07) is 21.4. The molecule has 0 aliphatic carbocycles. The number of carbonyl (C=O) groups is 4. The molecule has 4 N–H and O–H groups in total. The highest BCUT2D eigenvalue weighted by molar-refractivity contribution is 6.07. The molecule has 6 aromatic rings. The molecule has 2 saturated heterocycles. The van der Waals surface area contributed by atoms with Gasteiger partial charge in [0.1, 0.15) is 36.1 Å². The fourth-order valence-electron chi connectivity index (χ4n) is 9.53. The van der Waals surface area contributed by atoms with E-state index in [9.17, 15) is 19.2 Å². The Morgan fingerprint density at radius 2 is 1.66 bits per heavy atom. The average molecular weight is 869 g/mol. The number of likely N-dealkylation sites (tertiary alicyclic amines) is 2. The summed E-state index contributed by atoms with van der Waals surface area (Å²) in [7, 11) is 4.22. The van der Waals surface area contributed by atoms with Crippen LogP contribution in [0.25, 0.3) is 44.2 Å². The smallest absolute Gasteiger partial charge is 0.407 e. The number of aromatic nitrogens is 4. The molecule has 0 bridgehead atoms. The second kappa shape index (κ2) is 17.7. The minimum absolute atomic E-state index is 0.103. The second-order valence-electron chi connectivity index (χ2n) is 17.1. The summed E-state index contributed by atoms with van der Waals surface area (Å²) in [5, 5.41) is 7.38. The van der Waals surface area contributed by atoms with Gasteiger partial charge in [0, 0.05) is 37.1 Å². The van der Waals surface area contributed by atoms with Crippen molar-refractivity contribution in [1.29, 1.82) is 0 Å². The molecule has 0 radical (unpaired) electrons. The van der Waals surface area contributed by atoms with Crippen molar-refractivity contribution >= 4 is 45.8 Å². The third-order valence-electron chi connectivity index (χ3n) is 12.7. The quantitative estimate of drug-likeness (QED) is 0.102. The van der Waals surface area contributed by atoms with Crippen LogP contribution in [0.3, 0.4) is 0 Å². The largest absolute Gasteiger partial charge is 0.488 e. The Balaban J connectivity index is 0.966. The molecule has 5 heterocycles. The summed E-state index contributed by atoms with van der Waals surface area (Å²) >= 11 is 0. The van der Waals surface area contributed by atoms with Crippen molar-refractivity contribution in [3.05, 3.63) is 102 Å². The molecule has 5 atom stereocenters. The van der Waals surface area contributed by atoms with Crippen molar-refractivity contribution in [2.75, 3.05) is 41.0 Å². The van der Waals surface area contributed by atoms with Gasteiger partial charge in [0.2, 0.25) is 5.91 Å². The molecule has 2 aromatic heterocycles. The lowest BCUT2D eigenvalue weighted by Gasteiger charge is -2.30. The highest BCUT2D eigenvalue weighted by Gasteiger charge is 2.42. The summed E-state index contributed by atoms with van der Waals surface area (Å²) in [6.07, 6.45) is 2.65. The third-order valence-corrected chi connectivity index (χ3v) is 12.7. The lowest BCUT2D eigenvalue weighted by molar-refractivity contribution is -0.136. The lowest BCUT2D eigenvalue weighted by atomic mass is 9.92. The monoisotopic (exact) mass is 868 g/mol. The van der Waals surface area contributed by atoms with Crippen molar-refractivity contribution in [2.45, 2.75) is 63.9 Å². The molecule has 3 aliphatic heterocycles. The van der Waals surface area contributed by atoms with Crippen molar-refractivity contribution in [3.8, 4) is 28.1 Å². The number of aromatic amines is 2. The van der Waals surface area contributed by atoms with Crippen LogP contribution in [-0.4, -0.2) is 101 Å². The number of carbonyl (C=O) groups excluding carboxylic acids is 4. The van der Waals surface area contributed by atoms with Gasteiger partial charge in [-0.2, -0.15) is 0 Å².